The van der Waals surface area contributed by atoms with Crippen molar-refractivity contribution in [3.05, 3.63) is 33.6 Å². The third-order valence-electron chi connectivity index (χ3n) is 2.92. The molecule has 0 unspecified atom stereocenters. The average molecular weight is 277 g/mol. The van der Waals surface area contributed by atoms with Gasteiger partial charge in [0.25, 0.3) is 0 Å². The van der Waals surface area contributed by atoms with Gasteiger partial charge in [-0.15, -0.1) is 0 Å². The lowest BCUT2D eigenvalue weighted by molar-refractivity contribution is 0.0646. The van der Waals surface area contributed by atoms with Crippen LogP contribution in [0.3, 0.4) is 0 Å². The first kappa shape index (κ1) is 12.0. The second-order valence-corrected chi connectivity index (χ2v) is 4.07. The number of H-pyrrole nitrogens is 1. The standard InChI is InChI=1S/C12H7NO7/c14-10-4-1-6-7(20-3-19-6)2-5(4)13-9(12(17)18)8(10)11(15)16/h1-2H,3H2,(H,13,14)(H,15,16)(H,17,18). The Morgan fingerprint density at radius 3 is 2.35 bits per heavy atom. The highest BCUT2D eigenvalue weighted by Gasteiger charge is 2.24. The van der Waals surface area contributed by atoms with Crippen LogP contribution in [0.25, 0.3) is 10.9 Å². The summed E-state index contributed by atoms with van der Waals surface area (Å²) in [6, 6.07) is 2.73. The van der Waals surface area contributed by atoms with Gasteiger partial charge in [-0.3, -0.25) is 4.79 Å². The zero-order chi connectivity index (χ0) is 14.4. The number of benzene rings is 1. The van der Waals surface area contributed by atoms with Crippen LogP contribution in [-0.2, 0) is 0 Å². The van der Waals surface area contributed by atoms with Gasteiger partial charge >= 0.3 is 11.9 Å². The average Bonchev–Trinajstić information content (AvgIpc) is 2.82. The van der Waals surface area contributed by atoms with Crippen molar-refractivity contribution in [2.24, 2.45) is 0 Å². The highest BCUT2D eigenvalue weighted by Crippen LogP contribution is 2.34. The van der Waals surface area contributed by atoms with E-state index in [0.717, 1.165) is 0 Å². The summed E-state index contributed by atoms with van der Waals surface area (Å²) in [6.07, 6.45) is 0. The number of aromatic amines is 1. The minimum absolute atomic E-state index is 0.0164. The van der Waals surface area contributed by atoms with Gasteiger partial charge in [-0.05, 0) is 6.07 Å². The summed E-state index contributed by atoms with van der Waals surface area (Å²) in [5.41, 5.74) is -2.21. The van der Waals surface area contributed by atoms with Crippen LogP contribution in [0.4, 0.5) is 0 Å². The van der Waals surface area contributed by atoms with Crippen LogP contribution in [0.15, 0.2) is 16.9 Å². The first-order valence-corrected chi connectivity index (χ1v) is 5.45. The van der Waals surface area contributed by atoms with Gasteiger partial charge in [0.1, 0.15) is 11.3 Å². The predicted molar refractivity (Wildman–Crippen MR) is 64.6 cm³/mol. The molecule has 0 aliphatic carbocycles. The fourth-order valence-corrected chi connectivity index (χ4v) is 2.04. The predicted octanol–water partition coefficient (Wildman–Crippen LogP) is 0.653. The zero-order valence-corrected chi connectivity index (χ0v) is 9.80. The number of carboxylic acids is 2. The van der Waals surface area contributed by atoms with Gasteiger partial charge in [0.2, 0.25) is 12.2 Å². The number of carbonyl (C=O) groups is 2. The molecule has 1 aliphatic heterocycles. The lowest BCUT2D eigenvalue weighted by atomic mass is 10.1. The Morgan fingerprint density at radius 1 is 1.10 bits per heavy atom. The van der Waals surface area contributed by atoms with Gasteiger partial charge in [-0.2, -0.15) is 0 Å². The summed E-state index contributed by atoms with van der Waals surface area (Å²) in [5, 5.41) is 18.0. The van der Waals surface area contributed by atoms with Crippen molar-refractivity contribution in [1.29, 1.82) is 0 Å². The van der Waals surface area contributed by atoms with E-state index in [1.807, 2.05) is 0 Å². The SMILES string of the molecule is O=C(O)c1[nH]c2cc3c(cc2c(=O)c1C(=O)O)OCO3. The summed E-state index contributed by atoms with van der Waals surface area (Å²) in [7, 11) is 0. The number of carboxylic acid groups (broad SMARTS) is 2. The molecule has 0 atom stereocenters. The summed E-state index contributed by atoms with van der Waals surface area (Å²) in [4.78, 5) is 36.7. The molecule has 102 valence electrons. The fourth-order valence-electron chi connectivity index (χ4n) is 2.04. The van der Waals surface area contributed by atoms with E-state index in [4.69, 9.17) is 19.7 Å². The lowest BCUT2D eigenvalue weighted by Crippen LogP contribution is -2.22. The molecular weight excluding hydrogens is 270 g/mol. The van der Waals surface area contributed by atoms with Crippen LogP contribution in [0.2, 0.25) is 0 Å². The van der Waals surface area contributed by atoms with Gasteiger partial charge in [0, 0.05) is 6.07 Å². The van der Waals surface area contributed by atoms with E-state index < -0.39 is 28.6 Å². The summed E-state index contributed by atoms with van der Waals surface area (Å²) in [5.74, 6) is -2.47. The van der Waals surface area contributed by atoms with Crippen molar-refractivity contribution in [3.63, 3.8) is 0 Å². The minimum Gasteiger partial charge on any atom is -0.477 e. The highest BCUT2D eigenvalue weighted by atomic mass is 16.7. The molecule has 0 bridgehead atoms. The number of pyridine rings is 1. The Kier molecular flexibility index (Phi) is 2.40. The molecule has 2 heterocycles. The van der Waals surface area contributed by atoms with Gasteiger partial charge in [0.15, 0.2) is 11.5 Å². The van der Waals surface area contributed by atoms with Crippen LogP contribution < -0.4 is 14.9 Å². The van der Waals surface area contributed by atoms with E-state index in [1.54, 1.807) is 0 Å². The zero-order valence-electron chi connectivity index (χ0n) is 9.80. The molecule has 1 aromatic carbocycles. The van der Waals surface area contributed by atoms with Crippen molar-refractivity contribution in [2.75, 3.05) is 6.79 Å². The van der Waals surface area contributed by atoms with Crippen molar-refractivity contribution < 1.29 is 29.3 Å². The van der Waals surface area contributed by atoms with Crippen LogP contribution in [0.5, 0.6) is 11.5 Å². The number of aromatic carboxylic acids is 2. The van der Waals surface area contributed by atoms with Crippen molar-refractivity contribution in [2.45, 2.75) is 0 Å². The number of hydrogen-bond donors (Lipinski definition) is 3. The van der Waals surface area contributed by atoms with Crippen LogP contribution in [0, 0.1) is 0 Å². The van der Waals surface area contributed by atoms with Crippen molar-refractivity contribution in [1.82, 2.24) is 4.98 Å². The molecule has 3 N–H and O–H groups in total. The molecular formula is C12H7NO7. The number of hydrogen-bond acceptors (Lipinski definition) is 5. The molecule has 0 amide bonds. The van der Waals surface area contributed by atoms with E-state index in [-0.39, 0.29) is 17.7 Å². The normalized spacial score (nSPS) is 12.6. The number of nitrogens with one attached hydrogen (secondary N) is 1. The minimum atomic E-state index is -1.61. The first-order valence-electron chi connectivity index (χ1n) is 5.45. The van der Waals surface area contributed by atoms with E-state index in [9.17, 15) is 14.4 Å². The maximum absolute atomic E-state index is 12.1. The molecule has 0 spiro atoms. The van der Waals surface area contributed by atoms with Gasteiger partial charge in [-0.25, -0.2) is 9.59 Å². The number of fused-ring (bicyclic) bond motifs is 2. The second kappa shape index (κ2) is 3.98. The molecule has 2 aromatic rings. The third kappa shape index (κ3) is 1.58. The van der Waals surface area contributed by atoms with Gasteiger partial charge in [0.05, 0.1) is 10.9 Å². The number of aromatic nitrogens is 1. The molecule has 0 fully saturated rings. The van der Waals surface area contributed by atoms with Crippen LogP contribution >= 0.6 is 0 Å². The third-order valence-corrected chi connectivity index (χ3v) is 2.92. The van der Waals surface area contributed by atoms with E-state index in [1.165, 1.54) is 12.1 Å². The van der Waals surface area contributed by atoms with Gasteiger partial charge in [-0.1, -0.05) is 0 Å². The molecule has 1 aromatic heterocycles. The number of ether oxygens (including phenoxy) is 2. The molecule has 8 heteroatoms. The molecule has 0 saturated heterocycles. The Labute approximate surface area is 110 Å². The van der Waals surface area contributed by atoms with Crippen molar-refractivity contribution in [3.8, 4) is 11.5 Å². The second-order valence-electron chi connectivity index (χ2n) is 4.07. The van der Waals surface area contributed by atoms with E-state index in [2.05, 4.69) is 4.98 Å². The van der Waals surface area contributed by atoms with Crippen LogP contribution in [0.1, 0.15) is 20.8 Å². The van der Waals surface area contributed by atoms with Gasteiger partial charge < -0.3 is 24.7 Å². The summed E-state index contributed by atoms with van der Waals surface area (Å²) < 4.78 is 10.2. The number of rotatable bonds is 2. The maximum Gasteiger partial charge on any atom is 0.353 e. The summed E-state index contributed by atoms with van der Waals surface area (Å²) >= 11 is 0. The fraction of sp³-hybridized carbons (Fsp3) is 0.0833. The highest BCUT2D eigenvalue weighted by molar-refractivity contribution is 6.03. The monoisotopic (exact) mass is 277 g/mol. The Hall–Kier alpha value is -3.03. The molecule has 20 heavy (non-hydrogen) atoms. The first-order chi connectivity index (χ1) is 9.49. The molecule has 8 nitrogen and oxygen atoms in total. The summed E-state index contributed by atoms with van der Waals surface area (Å²) in [6.45, 7) is -0.0164. The lowest BCUT2D eigenvalue weighted by Gasteiger charge is -2.06. The topological polar surface area (TPSA) is 126 Å². The largest absolute Gasteiger partial charge is 0.477 e. The quantitative estimate of drug-likeness (QED) is 0.735. The Morgan fingerprint density at radius 2 is 1.75 bits per heavy atom. The molecule has 1 aliphatic rings. The smallest absolute Gasteiger partial charge is 0.353 e. The molecule has 3 rings (SSSR count). The van der Waals surface area contributed by atoms with Crippen molar-refractivity contribution >= 4 is 22.8 Å². The van der Waals surface area contributed by atoms with Crippen LogP contribution in [-0.4, -0.2) is 33.9 Å². The van der Waals surface area contributed by atoms with E-state index >= 15 is 0 Å². The molecule has 0 saturated carbocycles. The van der Waals surface area contributed by atoms with E-state index in [0.29, 0.717) is 11.5 Å². The molecule has 0 radical (unpaired) electrons. The Bertz CT molecular complexity index is 821. The Balaban J connectivity index is 2.44. The maximum atomic E-state index is 12.1.